The van der Waals surface area contributed by atoms with E-state index < -0.39 is 0 Å². The van der Waals surface area contributed by atoms with E-state index in [1.165, 1.54) is 0 Å². The largest absolute Gasteiger partial charge is 0.496 e. The van der Waals surface area contributed by atoms with Crippen LogP contribution in [0.4, 0.5) is 11.5 Å². The van der Waals surface area contributed by atoms with Crippen LogP contribution in [0.1, 0.15) is 57.5 Å². The zero-order chi connectivity index (χ0) is 25.2. The number of anilines is 2. The Balaban J connectivity index is 1.23. The summed E-state index contributed by atoms with van der Waals surface area (Å²) in [6.45, 7) is 3.91. The summed E-state index contributed by atoms with van der Waals surface area (Å²) >= 11 is 0. The molecule has 2 aromatic carbocycles. The van der Waals surface area contributed by atoms with E-state index in [9.17, 15) is 9.59 Å². The number of hydrogen-bond donors (Lipinski definition) is 2. The Morgan fingerprint density at radius 2 is 1.72 bits per heavy atom. The molecule has 7 nitrogen and oxygen atoms in total. The lowest BCUT2D eigenvalue weighted by Gasteiger charge is -2.40. The Bertz CT molecular complexity index is 1260. The first-order valence-electron chi connectivity index (χ1n) is 12.5. The molecule has 2 amide bonds. The monoisotopic (exact) mass is 484 g/mol. The third-order valence-corrected chi connectivity index (χ3v) is 7.37. The maximum absolute atomic E-state index is 13.0. The van der Waals surface area contributed by atoms with E-state index >= 15 is 0 Å². The van der Waals surface area contributed by atoms with Gasteiger partial charge in [-0.2, -0.15) is 0 Å². The van der Waals surface area contributed by atoms with Gasteiger partial charge in [0.25, 0.3) is 11.8 Å². The molecule has 2 N–H and O–H groups in total. The summed E-state index contributed by atoms with van der Waals surface area (Å²) in [5.41, 5.74) is 3.91. The minimum atomic E-state index is -0.170. The van der Waals surface area contributed by atoms with Gasteiger partial charge in [0.2, 0.25) is 0 Å². The number of hydrogen-bond acceptors (Lipinski definition) is 5. The molecule has 2 atom stereocenters. The zero-order valence-corrected chi connectivity index (χ0v) is 21.0. The number of nitrogens with one attached hydrogen (secondary N) is 2. The molecule has 0 aliphatic carbocycles. The van der Waals surface area contributed by atoms with Crippen molar-refractivity contribution in [2.24, 2.45) is 0 Å². The fourth-order valence-corrected chi connectivity index (χ4v) is 5.61. The van der Waals surface area contributed by atoms with E-state index in [0.29, 0.717) is 23.2 Å². The zero-order valence-electron chi connectivity index (χ0n) is 21.0. The molecule has 2 bridgehead atoms. The summed E-state index contributed by atoms with van der Waals surface area (Å²) in [4.78, 5) is 32.7. The van der Waals surface area contributed by atoms with Crippen LogP contribution in [0.2, 0.25) is 0 Å². The number of piperidine rings is 1. The molecule has 1 aromatic heterocycles. The van der Waals surface area contributed by atoms with Gasteiger partial charge in [-0.25, -0.2) is 4.98 Å². The summed E-state index contributed by atoms with van der Waals surface area (Å²) in [7, 11) is 1.62. The predicted molar refractivity (Wildman–Crippen MR) is 141 cm³/mol. The first kappa shape index (κ1) is 23.9. The topological polar surface area (TPSA) is 83.6 Å². The summed E-state index contributed by atoms with van der Waals surface area (Å²) < 4.78 is 5.37. The molecule has 2 aliphatic heterocycles. The molecule has 2 aliphatic rings. The number of aromatic nitrogens is 1. The van der Waals surface area contributed by atoms with Crippen LogP contribution >= 0.6 is 0 Å². The average molecular weight is 485 g/mol. The molecule has 0 spiro atoms. The second-order valence-corrected chi connectivity index (χ2v) is 9.80. The first-order chi connectivity index (χ1) is 17.4. The standard InChI is InChI=1S/C29H32N4O3/c1-18-6-4-7-21(14-18)31-28(34)20-10-13-27(30-17-20)33-23-11-12-24(33)16-22(15-23)32-29(35)25-8-5-9-26(36-3)19(25)2/h4-10,13-14,17,22-24H,11-12,15-16H2,1-3H3,(H,31,34)(H,32,35). The molecule has 186 valence electrons. The van der Waals surface area contributed by atoms with Crippen LogP contribution in [-0.4, -0.2) is 42.0 Å². The lowest BCUT2D eigenvalue weighted by molar-refractivity contribution is 0.0925. The molecular weight excluding hydrogens is 452 g/mol. The molecule has 7 heteroatoms. The van der Waals surface area contributed by atoms with E-state index in [1.807, 2.05) is 68.4 Å². The first-order valence-corrected chi connectivity index (χ1v) is 12.5. The van der Waals surface area contributed by atoms with E-state index in [4.69, 9.17) is 4.74 Å². The van der Waals surface area contributed by atoms with Gasteiger partial charge in [0.1, 0.15) is 11.6 Å². The molecular formula is C29H32N4O3. The summed E-state index contributed by atoms with van der Waals surface area (Å²) in [5, 5.41) is 6.19. The second-order valence-electron chi connectivity index (χ2n) is 9.80. The van der Waals surface area contributed by atoms with Crippen molar-refractivity contribution in [2.75, 3.05) is 17.3 Å². The van der Waals surface area contributed by atoms with Crippen molar-refractivity contribution in [3.63, 3.8) is 0 Å². The van der Waals surface area contributed by atoms with Crippen molar-refractivity contribution < 1.29 is 14.3 Å². The van der Waals surface area contributed by atoms with Crippen LogP contribution in [0.3, 0.4) is 0 Å². The number of rotatable bonds is 6. The van der Waals surface area contributed by atoms with Gasteiger partial charge < -0.3 is 20.3 Å². The van der Waals surface area contributed by atoms with Crippen molar-refractivity contribution in [2.45, 2.75) is 57.7 Å². The van der Waals surface area contributed by atoms with Gasteiger partial charge in [-0.15, -0.1) is 0 Å². The number of nitrogens with zero attached hydrogens (tertiary/aromatic N) is 2. The maximum Gasteiger partial charge on any atom is 0.257 e. The number of carbonyl (C=O) groups is 2. The van der Waals surface area contributed by atoms with Crippen LogP contribution in [0.15, 0.2) is 60.8 Å². The summed E-state index contributed by atoms with van der Waals surface area (Å²) in [6.07, 6.45) is 5.56. The van der Waals surface area contributed by atoms with Gasteiger partial charge in [-0.1, -0.05) is 18.2 Å². The van der Waals surface area contributed by atoms with Gasteiger partial charge in [-0.05, 0) is 81.5 Å². The number of pyridine rings is 1. The van der Waals surface area contributed by atoms with E-state index in [2.05, 4.69) is 20.5 Å². The maximum atomic E-state index is 13.0. The Morgan fingerprint density at radius 1 is 0.972 bits per heavy atom. The van der Waals surface area contributed by atoms with Crippen LogP contribution < -0.4 is 20.3 Å². The van der Waals surface area contributed by atoms with Crippen molar-refractivity contribution in [1.29, 1.82) is 0 Å². The quantitative estimate of drug-likeness (QED) is 0.521. The Labute approximate surface area is 211 Å². The fraction of sp³-hybridized carbons (Fsp3) is 0.345. The van der Waals surface area contributed by atoms with Crippen LogP contribution in [-0.2, 0) is 0 Å². The van der Waals surface area contributed by atoms with Gasteiger partial charge >= 0.3 is 0 Å². The van der Waals surface area contributed by atoms with Gasteiger partial charge in [0, 0.05) is 41.1 Å². The molecule has 0 radical (unpaired) electrons. The van der Waals surface area contributed by atoms with Gasteiger partial charge in [0.05, 0.1) is 12.7 Å². The fourth-order valence-electron chi connectivity index (χ4n) is 5.61. The third kappa shape index (κ3) is 4.78. The van der Waals surface area contributed by atoms with Crippen LogP contribution in [0, 0.1) is 13.8 Å². The Morgan fingerprint density at radius 3 is 2.39 bits per heavy atom. The molecule has 3 aromatic rings. The predicted octanol–water partition coefficient (Wildman–Crippen LogP) is 4.89. The highest BCUT2D eigenvalue weighted by Gasteiger charge is 2.42. The van der Waals surface area contributed by atoms with Crippen molar-refractivity contribution in [3.05, 3.63) is 83.0 Å². The second kappa shape index (κ2) is 10.0. The molecule has 0 saturated carbocycles. The van der Waals surface area contributed by atoms with Crippen LogP contribution in [0.5, 0.6) is 5.75 Å². The molecule has 36 heavy (non-hydrogen) atoms. The van der Waals surface area contributed by atoms with Crippen LogP contribution in [0.25, 0.3) is 0 Å². The molecule has 3 heterocycles. The smallest absolute Gasteiger partial charge is 0.257 e. The van der Waals surface area contributed by atoms with Crippen molar-refractivity contribution in [1.82, 2.24) is 10.3 Å². The lowest BCUT2D eigenvalue weighted by atomic mass is 9.96. The summed E-state index contributed by atoms with van der Waals surface area (Å²) in [5.74, 6) is 1.39. The highest BCUT2D eigenvalue weighted by molar-refractivity contribution is 6.04. The summed E-state index contributed by atoms with van der Waals surface area (Å²) in [6, 6.07) is 17.8. The van der Waals surface area contributed by atoms with Gasteiger partial charge in [-0.3, -0.25) is 9.59 Å². The number of ether oxygens (including phenoxy) is 1. The molecule has 2 fully saturated rings. The normalized spacial score (nSPS) is 20.6. The Hall–Kier alpha value is -3.87. The lowest BCUT2D eigenvalue weighted by Crippen LogP contribution is -2.50. The molecule has 2 saturated heterocycles. The number of aryl methyl sites for hydroxylation is 1. The molecule has 2 unspecified atom stereocenters. The number of fused-ring (bicyclic) bond motifs is 2. The van der Waals surface area contributed by atoms with E-state index in [0.717, 1.165) is 54.1 Å². The highest BCUT2D eigenvalue weighted by Crippen LogP contribution is 2.38. The van der Waals surface area contributed by atoms with E-state index in [1.54, 1.807) is 13.3 Å². The number of carbonyl (C=O) groups excluding carboxylic acids is 2. The third-order valence-electron chi connectivity index (χ3n) is 7.37. The molecule has 5 rings (SSSR count). The minimum Gasteiger partial charge on any atom is -0.496 e. The number of methoxy groups -OCH3 is 1. The van der Waals surface area contributed by atoms with Crippen molar-refractivity contribution in [3.8, 4) is 5.75 Å². The minimum absolute atomic E-state index is 0.0497. The van der Waals surface area contributed by atoms with Crippen molar-refractivity contribution >= 4 is 23.3 Å². The Kier molecular flexibility index (Phi) is 6.63. The number of benzene rings is 2. The van der Waals surface area contributed by atoms with E-state index in [-0.39, 0.29) is 17.9 Å². The van der Waals surface area contributed by atoms with Gasteiger partial charge in [0.15, 0.2) is 0 Å². The number of amides is 2. The highest BCUT2D eigenvalue weighted by atomic mass is 16.5. The SMILES string of the molecule is COc1cccc(C(=O)NC2CC3CCC(C2)N3c2ccc(C(=O)Nc3cccc(C)c3)cn2)c1C. The average Bonchev–Trinajstić information content (AvgIpc) is 3.14.